The van der Waals surface area contributed by atoms with Gasteiger partial charge < -0.3 is 4.98 Å². The van der Waals surface area contributed by atoms with Crippen molar-refractivity contribution in [1.29, 1.82) is 0 Å². The minimum Gasteiger partial charge on any atom is -0.361 e. The molecule has 4 nitrogen and oxygen atoms in total. The van der Waals surface area contributed by atoms with Gasteiger partial charge >= 0.3 is 0 Å². The van der Waals surface area contributed by atoms with Gasteiger partial charge in [0.15, 0.2) is 0 Å². The Balaban J connectivity index is 1.85. The number of fused-ring (bicyclic) bond motifs is 1. The molecule has 3 rings (SSSR count). The number of sulfonamides is 1. The highest BCUT2D eigenvalue weighted by Gasteiger charge is 2.26. The van der Waals surface area contributed by atoms with E-state index in [2.05, 4.69) is 15.8 Å². The van der Waals surface area contributed by atoms with Crippen LogP contribution in [0.5, 0.6) is 0 Å². The number of H-pyrrole nitrogens is 1. The van der Waals surface area contributed by atoms with E-state index in [-0.39, 0.29) is 5.41 Å². The minimum absolute atomic E-state index is 0.310. The molecule has 0 saturated carbocycles. The van der Waals surface area contributed by atoms with Gasteiger partial charge in [-0.05, 0) is 48.7 Å². The largest absolute Gasteiger partial charge is 0.361 e. The number of hydrogen-bond acceptors (Lipinski definition) is 2. The summed E-state index contributed by atoms with van der Waals surface area (Å²) in [6.07, 6.45) is 1.97. The molecular formula is C20H24N2O2S. The smallest absolute Gasteiger partial charge is 0.240 e. The lowest BCUT2D eigenvalue weighted by Crippen LogP contribution is -2.36. The van der Waals surface area contributed by atoms with Gasteiger partial charge in [-0.3, -0.25) is 0 Å². The number of benzene rings is 2. The zero-order valence-corrected chi connectivity index (χ0v) is 15.9. The van der Waals surface area contributed by atoms with Crippen LogP contribution in [0.3, 0.4) is 0 Å². The average Bonchev–Trinajstić information content (AvgIpc) is 3.00. The van der Waals surface area contributed by atoms with Crippen molar-refractivity contribution in [3.8, 4) is 0 Å². The van der Waals surface area contributed by atoms with E-state index in [0.29, 0.717) is 11.4 Å². The summed E-state index contributed by atoms with van der Waals surface area (Å²) in [5, 5.41) is 1.12. The monoisotopic (exact) mass is 356 g/mol. The van der Waals surface area contributed by atoms with Crippen molar-refractivity contribution in [2.45, 2.75) is 38.0 Å². The number of hydrogen-bond donors (Lipinski definition) is 2. The van der Waals surface area contributed by atoms with Crippen LogP contribution in [-0.2, 0) is 15.4 Å². The maximum Gasteiger partial charge on any atom is 0.240 e. The highest BCUT2D eigenvalue weighted by molar-refractivity contribution is 7.89. The van der Waals surface area contributed by atoms with E-state index in [9.17, 15) is 8.42 Å². The third-order valence-electron chi connectivity index (χ3n) is 4.81. The van der Waals surface area contributed by atoms with Gasteiger partial charge in [-0.25, -0.2) is 13.1 Å². The van der Waals surface area contributed by atoms with Crippen LogP contribution >= 0.6 is 0 Å². The van der Waals surface area contributed by atoms with Crippen LogP contribution in [0.15, 0.2) is 53.6 Å². The number of nitrogens with one attached hydrogen (secondary N) is 2. The third kappa shape index (κ3) is 3.48. The first-order valence-electron chi connectivity index (χ1n) is 8.34. The molecule has 0 amide bonds. The maximum absolute atomic E-state index is 12.7. The molecule has 0 aliphatic carbocycles. The minimum atomic E-state index is -3.54. The molecular weight excluding hydrogens is 332 g/mol. The summed E-state index contributed by atoms with van der Waals surface area (Å²) < 4.78 is 28.1. The van der Waals surface area contributed by atoms with Crippen molar-refractivity contribution < 1.29 is 8.42 Å². The van der Waals surface area contributed by atoms with Crippen LogP contribution in [0, 0.1) is 13.8 Å². The molecule has 2 aromatic carbocycles. The Kier molecular flexibility index (Phi) is 4.47. The first kappa shape index (κ1) is 17.7. The van der Waals surface area contributed by atoms with Crippen LogP contribution in [0.1, 0.15) is 30.5 Å². The van der Waals surface area contributed by atoms with E-state index in [1.54, 1.807) is 12.1 Å². The van der Waals surface area contributed by atoms with Crippen LogP contribution in [-0.4, -0.2) is 19.9 Å². The Morgan fingerprint density at radius 1 is 1.04 bits per heavy atom. The molecule has 0 unspecified atom stereocenters. The molecule has 0 bridgehead atoms. The number of rotatable bonds is 5. The van der Waals surface area contributed by atoms with Crippen LogP contribution < -0.4 is 4.72 Å². The molecule has 1 heterocycles. The molecule has 25 heavy (non-hydrogen) atoms. The topological polar surface area (TPSA) is 62.0 Å². The zero-order chi connectivity index (χ0) is 18.2. The zero-order valence-electron chi connectivity index (χ0n) is 15.1. The van der Waals surface area contributed by atoms with Gasteiger partial charge in [0.2, 0.25) is 10.0 Å². The van der Waals surface area contributed by atoms with Crippen LogP contribution in [0.2, 0.25) is 0 Å². The molecule has 0 spiro atoms. The van der Waals surface area contributed by atoms with Crippen molar-refractivity contribution in [1.82, 2.24) is 9.71 Å². The number of aryl methyl sites for hydroxylation is 2. The Hall–Kier alpha value is -2.11. The van der Waals surface area contributed by atoms with Crippen LogP contribution in [0.4, 0.5) is 0 Å². The Bertz CT molecular complexity index is 1020. The molecule has 0 radical (unpaired) electrons. The molecule has 2 N–H and O–H groups in total. The summed E-state index contributed by atoms with van der Waals surface area (Å²) in [5.41, 5.74) is 3.87. The lowest BCUT2D eigenvalue weighted by atomic mass is 9.85. The fourth-order valence-electron chi connectivity index (χ4n) is 2.97. The van der Waals surface area contributed by atoms with Gasteiger partial charge in [0.05, 0.1) is 4.90 Å². The Labute approximate surface area is 149 Å². The highest BCUT2D eigenvalue weighted by atomic mass is 32.2. The second-order valence-corrected chi connectivity index (χ2v) is 8.97. The fourth-order valence-corrected chi connectivity index (χ4v) is 4.26. The van der Waals surface area contributed by atoms with Crippen molar-refractivity contribution in [2.75, 3.05) is 6.54 Å². The maximum atomic E-state index is 12.7. The second kappa shape index (κ2) is 6.32. The van der Waals surface area contributed by atoms with Crippen LogP contribution in [0.25, 0.3) is 10.9 Å². The molecule has 132 valence electrons. The van der Waals surface area contributed by atoms with Crippen molar-refractivity contribution >= 4 is 20.9 Å². The summed E-state index contributed by atoms with van der Waals surface area (Å²) >= 11 is 0. The van der Waals surface area contributed by atoms with Gasteiger partial charge in [-0.2, -0.15) is 0 Å². The van der Waals surface area contributed by atoms with Gasteiger partial charge in [-0.1, -0.05) is 38.1 Å². The Morgan fingerprint density at radius 2 is 1.76 bits per heavy atom. The van der Waals surface area contributed by atoms with Gasteiger partial charge in [0.1, 0.15) is 0 Å². The third-order valence-corrected chi connectivity index (χ3v) is 6.21. The molecule has 0 aliphatic heterocycles. The fraction of sp³-hybridized carbons (Fsp3) is 0.300. The summed E-state index contributed by atoms with van der Waals surface area (Å²) in [4.78, 5) is 3.57. The molecule has 0 fully saturated rings. The summed E-state index contributed by atoms with van der Waals surface area (Å²) in [5.74, 6) is 0. The Morgan fingerprint density at radius 3 is 2.48 bits per heavy atom. The van der Waals surface area contributed by atoms with Crippen molar-refractivity contribution in [3.05, 3.63) is 65.4 Å². The van der Waals surface area contributed by atoms with E-state index in [0.717, 1.165) is 27.6 Å². The molecule has 5 heteroatoms. The molecule has 0 aliphatic rings. The number of aromatic nitrogens is 1. The predicted octanol–water partition coefficient (Wildman–Crippen LogP) is 4.04. The van der Waals surface area contributed by atoms with E-state index in [1.165, 1.54) is 0 Å². The van der Waals surface area contributed by atoms with Gasteiger partial charge in [-0.15, -0.1) is 0 Å². The molecule has 1 aromatic heterocycles. The highest BCUT2D eigenvalue weighted by Crippen LogP contribution is 2.30. The quantitative estimate of drug-likeness (QED) is 0.725. The van der Waals surface area contributed by atoms with E-state index >= 15 is 0 Å². The second-order valence-electron chi connectivity index (χ2n) is 7.20. The SMILES string of the molecule is Cc1ccc(S(=O)(=O)NCC(C)(C)c2c[nH]c3ccccc23)cc1C. The lowest BCUT2D eigenvalue weighted by Gasteiger charge is -2.25. The lowest BCUT2D eigenvalue weighted by molar-refractivity contribution is 0.504. The summed E-state index contributed by atoms with van der Waals surface area (Å²) in [7, 11) is -3.54. The van der Waals surface area contributed by atoms with E-state index in [1.807, 2.05) is 58.2 Å². The van der Waals surface area contributed by atoms with Gasteiger partial charge in [0.25, 0.3) is 0 Å². The average molecular weight is 356 g/mol. The first-order valence-corrected chi connectivity index (χ1v) is 9.82. The molecule has 0 saturated heterocycles. The standard InChI is InChI=1S/C20H24N2O2S/c1-14-9-10-16(11-15(14)2)25(23,24)22-13-20(3,4)18-12-21-19-8-6-5-7-17(18)19/h5-12,21-22H,13H2,1-4H3. The summed E-state index contributed by atoms with van der Waals surface area (Å²) in [6.45, 7) is 8.31. The molecule has 3 aromatic rings. The van der Waals surface area contributed by atoms with Gasteiger partial charge in [0, 0.05) is 29.1 Å². The first-order chi connectivity index (χ1) is 11.7. The molecule has 0 atom stereocenters. The van der Waals surface area contributed by atoms with Crippen molar-refractivity contribution in [3.63, 3.8) is 0 Å². The van der Waals surface area contributed by atoms with E-state index in [4.69, 9.17) is 0 Å². The summed E-state index contributed by atoms with van der Waals surface area (Å²) in [6, 6.07) is 13.3. The normalized spacial score (nSPS) is 12.6. The van der Waals surface area contributed by atoms with E-state index < -0.39 is 10.0 Å². The predicted molar refractivity (Wildman–Crippen MR) is 102 cm³/mol. The van der Waals surface area contributed by atoms with Crippen molar-refractivity contribution in [2.24, 2.45) is 0 Å². The number of para-hydroxylation sites is 1. The number of aromatic amines is 1.